The Morgan fingerprint density at radius 2 is 1.90 bits per heavy atom. The first-order valence-electron chi connectivity index (χ1n) is 9.44. The van der Waals surface area contributed by atoms with E-state index in [1.807, 2.05) is 43.7 Å². The monoisotopic (exact) mass is 381 g/mol. The van der Waals surface area contributed by atoms with E-state index in [0.29, 0.717) is 6.42 Å². The summed E-state index contributed by atoms with van der Waals surface area (Å²) >= 11 is 0. The smallest absolute Gasteiger partial charge is 0.158 e. The molecule has 0 spiro atoms. The molecule has 0 radical (unpaired) electrons. The molecule has 0 aliphatic carbocycles. The molecule has 1 N–H and O–H groups in total. The van der Waals surface area contributed by atoms with E-state index in [0.717, 1.165) is 49.9 Å². The van der Waals surface area contributed by atoms with E-state index < -0.39 is 0 Å². The van der Waals surface area contributed by atoms with Crippen LogP contribution in [0.1, 0.15) is 12.5 Å². The summed E-state index contributed by atoms with van der Waals surface area (Å²) < 4.78 is 1.79. The molecule has 3 heterocycles. The largest absolute Gasteiger partial charge is 0.300 e. The van der Waals surface area contributed by atoms with Crippen molar-refractivity contribution in [3.05, 3.63) is 66.5 Å². The van der Waals surface area contributed by atoms with E-state index in [4.69, 9.17) is 4.98 Å². The Labute approximate surface area is 167 Å². The molecule has 0 saturated carbocycles. The van der Waals surface area contributed by atoms with Crippen molar-refractivity contribution in [1.29, 1.82) is 0 Å². The molecule has 29 heavy (non-hydrogen) atoms. The zero-order valence-electron chi connectivity index (χ0n) is 16.2. The van der Waals surface area contributed by atoms with Crippen LogP contribution in [0.15, 0.2) is 60.9 Å². The van der Waals surface area contributed by atoms with E-state index in [9.17, 15) is 4.79 Å². The molecular formula is C23H19N5O. The van der Waals surface area contributed by atoms with Crippen molar-refractivity contribution < 1.29 is 4.79 Å². The molecule has 3 aromatic heterocycles. The van der Waals surface area contributed by atoms with Crippen LogP contribution < -0.4 is 0 Å². The quantitative estimate of drug-likeness (QED) is 0.503. The molecule has 0 bridgehead atoms. The number of fused-ring (bicyclic) bond motifs is 2. The van der Waals surface area contributed by atoms with Crippen molar-refractivity contribution in [2.24, 2.45) is 7.05 Å². The first kappa shape index (κ1) is 17.3. The topological polar surface area (TPSA) is 76.5 Å². The minimum atomic E-state index is 0.149. The first-order chi connectivity index (χ1) is 14.1. The standard InChI is InChI=1S/C23H19N5O/c1-14(29)9-15-5-3-6-16(10-15)18-11-22(26-23-20(18)13-25-28(23)2)17-7-4-8-21-19(17)12-24-27-21/h3-8,10-13H,9H2,1-2H3,(H,24,27). The predicted octanol–water partition coefficient (Wildman–Crippen LogP) is 4.31. The maximum atomic E-state index is 11.6. The summed E-state index contributed by atoms with van der Waals surface area (Å²) in [5.74, 6) is 0.149. The van der Waals surface area contributed by atoms with Crippen LogP contribution in [0, 0.1) is 0 Å². The number of hydrogen-bond acceptors (Lipinski definition) is 4. The number of carbonyl (C=O) groups is 1. The summed E-state index contributed by atoms with van der Waals surface area (Å²) in [7, 11) is 1.90. The van der Waals surface area contributed by atoms with Crippen molar-refractivity contribution >= 4 is 27.7 Å². The van der Waals surface area contributed by atoms with Gasteiger partial charge in [-0.2, -0.15) is 10.2 Å². The zero-order chi connectivity index (χ0) is 20.0. The van der Waals surface area contributed by atoms with E-state index in [1.165, 1.54) is 0 Å². The lowest BCUT2D eigenvalue weighted by atomic mass is 9.97. The van der Waals surface area contributed by atoms with Crippen LogP contribution in [-0.2, 0) is 18.3 Å². The van der Waals surface area contributed by atoms with Gasteiger partial charge in [-0.3, -0.25) is 14.6 Å². The minimum absolute atomic E-state index is 0.149. The minimum Gasteiger partial charge on any atom is -0.300 e. The fourth-order valence-corrected chi connectivity index (χ4v) is 3.82. The van der Waals surface area contributed by atoms with Gasteiger partial charge in [0.2, 0.25) is 0 Å². The number of rotatable bonds is 4. The first-order valence-corrected chi connectivity index (χ1v) is 9.44. The summed E-state index contributed by atoms with van der Waals surface area (Å²) in [6, 6.07) is 16.3. The highest BCUT2D eigenvalue weighted by atomic mass is 16.1. The second kappa shape index (κ2) is 6.67. The number of ketones is 1. The highest BCUT2D eigenvalue weighted by Gasteiger charge is 2.15. The van der Waals surface area contributed by atoms with E-state index >= 15 is 0 Å². The number of carbonyl (C=O) groups excluding carboxylic acids is 1. The van der Waals surface area contributed by atoms with E-state index in [1.54, 1.807) is 11.6 Å². The van der Waals surface area contributed by atoms with Gasteiger partial charge in [-0.15, -0.1) is 0 Å². The number of hydrogen-bond donors (Lipinski definition) is 1. The number of benzene rings is 2. The average molecular weight is 381 g/mol. The lowest BCUT2D eigenvalue weighted by molar-refractivity contribution is -0.116. The average Bonchev–Trinajstić information content (AvgIpc) is 3.34. The second-order valence-corrected chi connectivity index (χ2v) is 7.28. The third-order valence-corrected chi connectivity index (χ3v) is 5.16. The van der Waals surface area contributed by atoms with Crippen molar-refractivity contribution in [3.8, 4) is 22.4 Å². The van der Waals surface area contributed by atoms with Gasteiger partial charge in [0.05, 0.1) is 23.6 Å². The van der Waals surface area contributed by atoms with Gasteiger partial charge >= 0.3 is 0 Å². The molecule has 0 unspecified atom stereocenters. The van der Waals surface area contributed by atoms with Crippen LogP contribution >= 0.6 is 0 Å². The van der Waals surface area contributed by atoms with Crippen molar-refractivity contribution in [3.63, 3.8) is 0 Å². The van der Waals surface area contributed by atoms with Gasteiger partial charge in [-0.05, 0) is 35.7 Å². The Bertz CT molecular complexity index is 1380. The van der Waals surface area contributed by atoms with Crippen LogP contribution in [0.25, 0.3) is 44.3 Å². The van der Waals surface area contributed by atoms with Gasteiger partial charge in [0.25, 0.3) is 0 Å². The summed E-state index contributed by atoms with van der Waals surface area (Å²) in [5, 5.41) is 13.6. The van der Waals surface area contributed by atoms with Crippen LogP contribution in [0.4, 0.5) is 0 Å². The molecule has 0 fully saturated rings. The Balaban J connectivity index is 1.76. The highest BCUT2D eigenvalue weighted by Crippen LogP contribution is 2.34. The molecule has 0 amide bonds. The summed E-state index contributed by atoms with van der Waals surface area (Å²) in [4.78, 5) is 16.5. The normalized spacial score (nSPS) is 11.4. The Hall–Kier alpha value is -3.80. The lowest BCUT2D eigenvalue weighted by Crippen LogP contribution is -1.97. The number of nitrogens with zero attached hydrogens (tertiary/aromatic N) is 4. The van der Waals surface area contributed by atoms with Gasteiger partial charge in [-0.1, -0.05) is 36.4 Å². The lowest BCUT2D eigenvalue weighted by Gasteiger charge is -2.10. The van der Waals surface area contributed by atoms with Crippen LogP contribution in [0.5, 0.6) is 0 Å². The van der Waals surface area contributed by atoms with Gasteiger partial charge in [0, 0.05) is 29.8 Å². The Morgan fingerprint density at radius 3 is 2.76 bits per heavy atom. The molecule has 6 heteroatoms. The molecular weight excluding hydrogens is 362 g/mol. The molecule has 2 aromatic carbocycles. The summed E-state index contributed by atoms with van der Waals surface area (Å²) in [6.45, 7) is 1.61. The van der Waals surface area contributed by atoms with Crippen LogP contribution in [0.2, 0.25) is 0 Å². The second-order valence-electron chi connectivity index (χ2n) is 7.28. The third kappa shape index (κ3) is 2.99. The van der Waals surface area contributed by atoms with Crippen LogP contribution in [0.3, 0.4) is 0 Å². The molecule has 0 atom stereocenters. The van der Waals surface area contributed by atoms with Gasteiger partial charge < -0.3 is 0 Å². The molecule has 0 aliphatic heterocycles. The van der Waals surface area contributed by atoms with Gasteiger partial charge in [0.15, 0.2) is 5.65 Å². The number of aromatic nitrogens is 5. The molecule has 6 nitrogen and oxygen atoms in total. The number of aromatic amines is 1. The zero-order valence-corrected chi connectivity index (χ0v) is 16.2. The number of pyridine rings is 1. The Kier molecular flexibility index (Phi) is 3.98. The molecule has 142 valence electrons. The molecule has 5 aromatic rings. The fraction of sp³-hybridized carbons (Fsp3) is 0.130. The number of aryl methyl sites for hydroxylation is 1. The number of nitrogens with one attached hydrogen (secondary N) is 1. The molecule has 0 saturated heterocycles. The van der Waals surface area contributed by atoms with Crippen molar-refractivity contribution in [2.75, 3.05) is 0 Å². The van der Waals surface area contributed by atoms with E-state index in [-0.39, 0.29) is 5.78 Å². The summed E-state index contributed by atoms with van der Waals surface area (Å²) in [6.07, 6.45) is 4.10. The predicted molar refractivity (Wildman–Crippen MR) is 113 cm³/mol. The Morgan fingerprint density at radius 1 is 1.03 bits per heavy atom. The maximum Gasteiger partial charge on any atom is 0.158 e. The molecule has 5 rings (SSSR count). The SMILES string of the molecule is CC(=O)Cc1cccc(-c2cc(-c3cccc4[nH]ncc34)nc3c2cnn3C)c1. The highest BCUT2D eigenvalue weighted by molar-refractivity contribution is 5.99. The van der Waals surface area contributed by atoms with E-state index in [2.05, 4.69) is 39.6 Å². The number of Topliss-reactive ketones (excluding diaryl/α,β-unsaturated/α-hetero) is 1. The summed E-state index contributed by atoms with van der Waals surface area (Å²) in [5.41, 5.74) is 6.76. The van der Waals surface area contributed by atoms with Crippen molar-refractivity contribution in [2.45, 2.75) is 13.3 Å². The van der Waals surface area contributed by atoms with Crippen molar-refractivity contribution in [1.82, 2.24) is 25.0 Å². The third-order valence-electron chi connectivity index (χ3n) is 5.16. The van der Waals surface area contributed by atoms with Gasteiger partial charge in [0.1, 0.15) is 5.78 Å². The molecule has 0 aliphatic rings. The fourth-order valence-electron chi connectivity index (χ4n) is 3.82. The number of H-pyrrole nitrogens is 1. The van der Waals surface area contributed by atoms with Crippen LogP contribution in [-0.4, -0.2) is 30.7 Å². The maximum absolute atomic E-state index is 11.6. The van der Waals surface area contributed by atoms with Gasteiger partial charge in [-0.25, -0.2) is 4.98 Å².